The molecule has 6 nitrogen and oxygen atoms in total. The van der Waals surface area contributed by atoms with Crippen molar-refractivity contribution in [2.24, 2.45) is 4.99 Å². The average Bonchev–Trinajstić information content (AvgIpc) is 3.08. The lowest BCUT2D eigenvalue weighted by Gasteiger charge is -2.36. The van der Waals surface area contributed by atoms with E-state index in [4.69, 9.17) is 9.47 Å². The van der Waals surface area contributed by atoms with E-state index in [9.17, 15) is 0 Å². The van der Waals surface area contributed by atoms with Gasteiger partial charge in [0.15, 0.2) is 5.96 Å². The third-order valence-corrected chi connectivity index (χ3v) is 4.89. The molecule has 2 fully saturated rings. The number of aliphatic imine (C=N–C) groups is 1. The highest BCUT2D eigenvalue weighted by atomic mass is 16.5. The summed E-state index contributed by atoms with van der Waals surface area (Å²) in [7, 11) is 1.84. The Hall–Kier alpha value is -1.63. The van der Waals surface area contributed by atoms with E-state index in [0.717, 1.165) is 51.9 Å². The third kappa shape index (κ3) is 4.71. The van der Waals surface area contributed by atoms with Crippen LogP contribution in [0.1, 0.15) is 12.5 Å². The molecule has 3 rings (SSSR count). The number of rotatable bonds is 6. The standard InChI is InChI=1S/C19H30N4O2/c1-3-24-11-9-21-19(20-2)23-14-17-18(15-23)25-12-10-22(17)13-16-7-5-4-6-8-16/h4-8,17-18H,3,9-15H2,1-2H3,(H,20,21). The average molecular weight is 346 g/mol. The van der Waals surface area contributed by atoms with Crippen LogP contribution in [-0.4, -0.2) is 81.0 Å². The van der Waals surface area contributed by atoms with Crippen molar-refractivity contribution in [3.63, 3.8) is 0 Å². The van der Waals surface area contributed by atoms with Crippen LogP contribution in [0.2, 0.25) is 0 Å². The molecule has 0 aromatic heterocycles. The Kier molecular flexibility index (Phi) is 6.67. The van der Waals surface area contributed by atoms with E-state index in [0.29, 0.717) is 12.6 Å². The number of nitrogens with zero attached hydrogens (tertiary/aromatic N) is 3. The maximum atomic E-state index is 6.05. The van der Waals surface area contributed by atoms with Gasteiger partial charge in [-0.25, -0.2) is 0 Å². The first-order valence-electron chi connectivity index (χ1n) is 9.24. The first-order chi connectivity index (χ1) is 12.3. The van der Waals surface area contributed by atoms with Gasteiger partial charge in [-0.1, -0.05) is 30.3 Å². The number of hydrogen-bond acceptors (Lipinski definition) is 4. The minimum Gasteiger partial charge on any atom is -0.380 e. The lowest BCUT2D eigenvalue weighted by molar-refractivity contribution is -0.0502. The van der Waals surface area contributed by atoms with Crippen molar-refractivity contribution in [2.75, 3.05) is 53.0 Å². The fourth-order valence-electron chi connectivity index (χ4n) is 3.66. The molecule has 0 radical (unpaired) electrons. The van der Waals surface area contributed by atoms with E-state index < -0.39 is 0 Å². The number of fused-ring (bicyclic) bond motifs is 1. The SMILES string of the molecule is CCOCCNC(=NC)N1CC2OCCN(Cc3ccccc3)C2C1. The van der Waals surface area contributed by atoms with Gasteiger partial charge in [-0.3, -0.25) is 9.89 Å². The van der Waals surface area contributed by atoms with Gasteiger partial charge in [-0.2, -0.15) is 0 Å². The van der Waals surface area contributed by atoms with Crippen molar-refractivity contribution in [1.82, 2.24) is 15.1 Å². The van der Waals surface area contributed by atoms with E-state index in [1.807, 2.05) is 14.0 Å². The highest BCUT2D eigenvalue weighted by Gasteiger charge is 2.41. The largest absolute Gasteiger partial charge is 0.380 e. The summed E-state index contributed by atoms with van der Waals surface area (Å²) in [5.74, 6) is 0.942. The molecule has 6 heteroatoms. The normalized spacial score (nSPS) is 24.4. The zero-order chi connectivity index (χ0) is 17.5. The molecule has 1 aromatic carbocycles. The molecule has 1 aromatic rings. The van der Waals surface area contributed by atoms with Gasteiger partial charge in [0.2, 0.25) is 0 Å². The Morgan fingerprint density at radius 2 is 2.16 bits per heavy atom. The number of guanidine groups is 1. The molecular weight excluding hydrogens is 316 g/mol. The number of ether oxygens (including phenoxy) is 2. The highest BCUT2D eigenvalue weighted by molar-refractivity contribution is 5.80. The van der Waals surface area contributed by atoms with Gasteiger partial charge < -0.3 is 19.7 Å². The number of morpholine rings is 1. The Labute approximate surface area is 150 Å². The Bertz CT molecular complexity index is 552. The fourth-order valence-corrected chi connectivity index (χ4v) is 3.66. The third-order valence-electron chi connectivity index (χ3n) is 4.89. The molecule has 2 aliphatic rings. The summed E-state index contributed by atoms with van der Waals surface area (Å²) in [6, 6.07) is 11.1. The van der Waals surface area contributed by atoms with Crippen LogP contribution in [0.5, 0.6) is 0 Å². The second-order valence-electron chi connectivity index (χ2n) is 6.51. The van der Waals surface area contributed by atoms with Crippen LogP contribution in [-0.2, 0) is 16.0 Å². The van der Waals surface area contributed by atoms with Gasteiger partial charge in [0.05, 0.1) is 25.4 Å². The molecule has 0 saturated carbocycles. The molecular formula is C19H30N4O2. The van der Waals surface area contributed by atoms with Crippen molar-refractivity contribution in [3.05, 3.63) is 35.9 Å². The van der Waals surface area contributed by atoms with E-state index in [1.165, 1.54) is 5.56 Å². The smallest absolute Gasteiger partial charge is 0.193 e. The van der Waals surface area contributed by atoms with Crippen LogP contribution in [0.15, 0.2) is 35.3 Å². The molecule has 0 bridgehead atoms. The van der Waals surface area contributed by atoms with Gasteiger partial charge in [0.25, 0.3) is 0 Å². The molecule has 25 heavy (non-hydrogen) atoms. The van der Waals surface area contributed by atoms with Crippen LogP contribution in [0, 0.1) is 0 Å². The van der Waals surface area contributed by atoms with Gasteiger partial charge in [-0.05, 0) is 12.5 Å². The van der Waals surface area contributed by atoms with Crippen LogP contribution in [0.25, 0.3) is 0 Å². The van der Waals surface area contributed by atoms with Gasteiger partial charge >= 0.3 is 0 Å². The minimum atomic E-state index is 0.253. The first-order valence-corrected chi connectivity index (χ1v) is 9.24. The summed E-state index contributed by atoms with van der Waals surface area (Å²) < 4.78 is 11.4. The number of hydrogen-bond donors (Lipinski definition) is 1. The monoisotopic (exact) mass is 346 g/mol. The summed E-state index contributed by atoms with van der Waals surface area (Å²) in [6.07, 6.45) is 0.253. The number of benzene rings is 1. The van der Waals surface area contributed by atoms with Crippen LogP contribution in [0.3, 0.4) is 0 Å². The molecule has 0 spiro atoms. The first kappa shape index (κ1) is 18.2. The zero-order valence-corrected chi connectivity index (χ0v) is 15.4. The lowest BCUT2D eigenvalue weighted by Crippen LogP contribution is -2.50. The minimum absolute atomic E-state index is 0.253. The Morgan fingerprint density at radius 3 is 2.92 bits per heavy atom. The fraction of sp³-hybridized carbons (Fsp3) is 0.632. The van der Waals surface area contributed by atoms with E-state index in [1.54, 1.807) is 0 Å². The van der Waals surface area contributed by atoms with Crippen molar-refractivity contribution < 1.29 is 9.47 Å². The number of nitrogens with one attached hydrogen (secondary N) is 1. The Morgan fingerprint density at radius 1 is 1.32 bits per heavy atom. The van der Waals surface area contributed by atoms with Gasteiger partial charge in [-0.15, -0.1) is 0 Å². The second kappa shape index (κ2) is 9.17. The van der Waals surface area contributed by atoms with Crippen molar-refractivity contribution in [3.8, 4) is 0 Å². The maximum Gasteiger partial charge on any atom is 0.193 e. The van der Waals surface area contributed by atoms with Crippen molar-refractivity contribution in [1.29, 1.82) is 0 Å². The molecule has 138 valence electrons. The van der Waals surface area contributed by atoms with E-state index in [2.05, 4.69) is 50.4 Å². The predicted octanol–water partition coefficient (Wildman–Crippen LogP) is 1.18. The molecule has 0 aliphatic carbocycles. The van der Waals surface area contributed by atoms with Crippen LogP contribution >= 0.6 is 0 Å². The molecule has 2 unspecified atom stereocenters. The molecule has 2 aliphatic heterocycles. The van der Waals surface area contributed by atoms with Crippen molar-refractivity contribution >= 4 is 5.96 Å². The highest BCUT2D eigenvalue weighted by Crippen LogP contribution is 2.24. The zero-order valence-electron chi connectivity index (χ0n) is 15.4. The number of likely N-dealkylation sites (tertiary alicyclic amines) is 1. The molecule has 1 N–H and O–H groups in total. The summed E-state index contributed by atoms with van der Waals surface area (Å²) in [6.45, 7) is 8.85. The molecule has 2 saturated heterocycles. The quantitative estimate of drug-likeness (QED) is 0.476. The van der Waals surface area contributed by atoms with Gasteiger partial charge in [0, 0.05) is 46.4 Å². The predicted molar refractivity (Wildman–Crippen MR) is 99.8 cm³/mol. The van der Waals surface area contributed by atoms with Crippen molar-refractivity contribution in [2.45, 2.75) is 25.6 Å². The Balaban J connectivity index is 1.58. The molecule has 2 heterocycles. The van der Waals surface area contributed by atoms with Gasteiger partial charge in [0.1, 0.15) is 0 Å². The lowest BCUT2D eigenvalue weighted by atomic mass is 10.1. The molecule has 2 atom stereocenters. The summed E-state index contributed by atoms with van der Waals surface area (Å²) in [4.78, 5) is 9.30. The summed E-state index contributed by atoms with van der Waals surface area (Å²) in [5.41, 5.74) is 1.36. The maximum absolute atomic E-state index is 6.05. The van der Waals surface area contributed by atoms with E-state index in [-0.39, 0.29) is 6.10 Å². The second-order valence-corrected chi connectivity index (χ2v) is 6.51. The van der Waals surface area contributed by atoms with Crippen LogP contribution < -0.4 is 5.32 Å². The van der Waals surface area contributed by atoms with Crippen LogP contribution in [0.4, 0.5) is 0 Å². The molecule has 0 amide bonds. The summed E-state index contributed by atoms with van der Waals surface area (Å²) in [5, 5.41) is 3.40. The topological polar surface area (TPSA) is 49.3 Å². The van der Waals surface area contributed by atoms with E-state index >= 15 is 0 Å². The summed E-state index contributed by atoms with van der Waals surface area (Å²) >= 11 is 0.